The van der Waals surface area contributed by atoms with Gasteiger partial charge in [0.2, 0.25) is 0 Å². The predicted molar refractivity (Wildman–Crippen MR) is 89.1 cm³/mol. The van der Waals surface area contributed by atoms with E-state index in [-0.39, 0.29) is 5.57 Å². The third-order valence-corrected chi connectivity index (χ3v) is 3.69. The summed E-state index contributed by atoms with van der Waals surface area (Å²) in [7, 11) is 0. The Hall–Kier alpha value is -2.27. The minimum atomic E-state index is 0.0572. The van der Waals surface area contributed by atoms with Crippen LogP contribution in [0.5, 0.6) is 5.75 Å². The van der Waals surface area contributed by atoms with E-state index in [1.165, 1.54) is 6.08 Å². The molecule has 22 heavy (non-hydrogen) atoms. The van der Waals surface area contributed by atoms with Gasteiger partial charge in [0, 0.05) is 5.02 Å². The van der Waals surface area contributed by atoms with Gasteiger partial charge in [0.05, 0.1) is 4.47 Å². The minimum Gasteiger partial charge on any atom is -0.488 e. The SMILES string of the molecule is N#CC(C#N)=Cc1ccc(OCc2ccc(Cl)cc2)c(Br)c1. The minimum absolute atomic E-state index is 0.0572. The lowest BCUT2D eigenvalue weighted by Crippen LogP contribution is -1.96. The van der Waals surface area contributed by atoms with Crippen molar-refractivity contribution < 1.29 is 4.74 Å². The monoisotopic (exact) mass is 372 g/mol. The average Bonchev–Trinajstić information content (AvgIpc) is 2.53. The van der Waals surface area contributed by atoms with Crippen molar-refractivity contribution in [3.05, 3.63) is 68.7 Å². The van der Waals surface area contributed by atoms with Crippen LogP contribution in [0.3, 0.4) is 0 Å². The van der Waals surface area contributed by atoms with Crippen molar-refractivity contribution >= 4 is 33.6 Å². The summed E-state index contributed by atoms with van der Waals surface area (Å²) in [5, 5.41) is 18.2. The fourth-order valence-electron chi connectivity index (χ4n) is 1.72. The number of halogens is 2. The van der Waals surface area contributed by atoms with E-state index in [9.17, 15) is 0 Å². The standard InChI is InChI=1S/C17H10BrClN2O/c18-16-8-13(7-14(9-20)10-21)3-6-17(16)22-11-12-1-4-15(19)5-2-12/h1-8H,11H2. The van der Waals surface area contributed by atoms with Crippen molar-refractivity contribution in [3.63, 3.8) is 0 Å². The maximum Gasteiger partial charge on any atom is 0.134 e. The highest BCUT2D eigenvalue weighted by Gasteiger charge is 2.04. The number of nitrogens with zero attached hydrogens (tertiary/aromatic N) is 2. The van der Waals surface area contributed by atoms with Crippen LogP contribution in [0.25, 0.3) is 6.08 Å². The van der Waals surface area contributed by atoms with E-state index < -0.39 is 0 Å². The van der Waals surface area contributed by atoms with Gasteiger partial charge in [-0.05, 0) is 57.4 Å². The smallest absolute Gasteiger partial charge is 0.134 e. The molecule has 0 saturated heterocycles. The normalized spacial score (nSPS) is 9.45. The summed E-state index contributed by atoms with van der Waals surface area (Å²) in [5.74, 6) is 0.683. The lowest BCUT2D eigenvalue weighted by molar-refractivity contribution is 0.304. The van der Waals surface area contributed by atoms with Crippen molar-refractivity contribution in [2.45, 2.75) is 6.61 Å². The molecule has 0 radical (unpaired) electrons. The molecule has 0 unspecified atom stereocenters. The van der Waals surface area contributed by atoms with Crippen molar-refractivity contribution in [1.82, 2.24) is 0 Å². The second-order valence-electron chi connectivity index (χ2n) is 4.39. The van der Waals surface area contributed by atoms with Gasteiger partial charge in [-0.2, -0.15) is 10.5 Å². The first-order valence-corrected chi connectivity index (χ1v) is 7.48. The zero-order valence-corrected chi connectivity index (χ0v) is 13.7. The van der Waals surface area contributed by atoms with Gasteiger partial charge in [0.15, 0.2) is 0 Å². The number of ether oxygens (including phenoxy) is 1. The number of nitriles is 2. The molecule has 0 aliphatic heterocycles. The molecule has 0 fully saturated rings. The molecule has 2 rings (SSSR count). The van der Waals surface area contributed by atoms with Crippen LogP contribution in [-0.2, 0) is 6.61 Å². The molecule has 2 aromatic rings. The molecule has 0 bridgehead atoms. The molecule has 0 heterocycles. The summed E-state index contributed by atoms with van der Waals surface area (Å²) in [6, 6.07) is 16.5. The van der Waals surface area contributed by atoms with Crippen molar-refractivity contribution in [2.75, 3.05) is 0 Å². The first kappa shape index (κ1) is 16.1. The Morgan fingerprint density at radius 2 is 1.82 bits per heavy atom. The van der Waals surface area contributed by atoms with Crippen molar-refractivity contribution in [3.8, 4) is 17.9 Å². The molecule has 5 heteroatoms. The van der Waals surface area contributed by atoms with Gasteiger partial charge in [-0.1, -0.05) is 29.8 Å². The van der Waals surface area contributed by atoms with Crippen molar-refractivity contribution in [1.29, 1.82) is 10.5 Å². The van der Waals surface area contributed by atoms with Gasteiger partial charge >= 0.3 is 0 Å². The van der Waals surface area contributed by atoms with E-state index in [2.05, 4.69) is 15.9 Å². The van der Waals surface area contributed by atoms with Crippen LogP contribution in [0.15, 0.2) is 52.5 Å². The van der Waals surface area contributed by atoms with Crippen LogP contribution in [0.4, 0.5) is 0 Å². The largest absolute Gasteiger partial charge is 0.488 e. The third-order valence-electron chi connectivity index (χ3n) is 2.82. The average molecular weight is 374 g/mol. The topological polar surface area (TPSA) is 56.8 Å². The van der Waals surface area contributed by atoms with Crippen LogP contribution >= 0.6 is 27.5 Å². The van der Waals surface area contributed by atoms with Gasteiger partial charge < -0.3 is 4.74 Å². The van der Waals surface area contributed by atoms with Gasteiger partial charge in [-0.15, -0.1) is 0 Å². The molecular weight excluding hydrogens is 364 g/mol. The van der Waals surface area contributed by atoms with Gasteiger partial charge in [0.1, 0.15) is 30.1 Å². The zero-order chi connectivity index (χ0) is 15.9. The Kier molecular flexibility index (Phi) is 5.61. The first-order chi connectivity index (χ1) is 10.6. The Balaban J connectivity index is 2.10. The van der Waals surface area contributed by atoms with Gasteiger partial charge in [0.25, 0.3) is 0 Å². The van der Waals surface area contributed by atoms with Gasteiger partial charge in [-0.25, -0.2) is 0 Å². The fourth-order valence-corrected chi connectivity index (χ4v) is 2.36. The Labute approximate surface area is 142 Å². The first-order valence-electron chi connectivity index (χ1n) is 6.31. The van der Waals surface area contributed by atoms with E-state index in [0.717, 1.165) is 15.6 Å². The molecule has 2 aromatic carbocycles. The number of hydrogen-bond acceptors (Lipinski definition) is 3. The summed E-state index contributed by atoms with van der Waals surface area (Å²) in [5.41, 5.74) is 1.82. The molecule has 0 saturated carbocycles. The third kappa shape index (κ3) is 4.36. The Morgan fingerprint density at radius 3 is 2.41 bits per heavy atom. The summed E-state index contributed by atoms with van der Waals surface area (Å²) in [6.07, 6.45) is 1.52. The maximum atomic E-state index is 8.75. The van der Waals surface area contributed by atoms with Gasteiger partial charge in [-0.3, -0.25) is 0 Å². The van der Waals surface area contributed by atoms with Crippen LogP contribution in [0, 0.1) is 22.7 Å². The van der Waals surface area contributed by atoms with Crippen LogP contribution in [0.2, 0.25) is 5.02 Å². The highest BCUT2D eigenvalue weighted by molar-refractivity contribution is 9.10. The molecule has 0 aromatic heterocycles. The van der Waals surface area contributed by atoms with Crippen LogP contribution in [0.1, 0.15) is 11.1 Å². The second-order valence-corrected chi connectivity index (χ2v) is 5.68. The summed E-state index contributed by atoms with van der Waals surface area (Å²) < 4.78 is 6.49. The molecule has 0 aliphatic rings. The summed E-state index contributed by atoms with van der Waals surface area (Å²) >= 11 is 9.26. The van der Waals surface area contributed by atoms with E-state index in [1.54, 1.807) is 18.2 Å². The maximum absolute atomic E-state index is 8.75. The molecule has 0 atom stereocenters. The fraction of sp³-hybridized carbons (Fsp3) is 0.0588. The summed E-state index contributed by atoms with van der Waals surface area (Å²) in [4.78, 5) is 0. The summed E-state index contributed by atoms with van der Waals surface area (Å²) in [6.45, 7) is 0.423. The molecule has 0 amide bonds. The molecule has 0 N–H and O–H groups in total. The van der Waals surface area contributed by atoms with E-state index in [0.29, 0.717) is 17.4 Å². The number of rotatable bonds is 4. The molecule has 108 valence electrons. The predicted octanol–water partition coefficient (Wildman–Crippen LogP) is 5.11. The highest BCUT2D eigenvalue weighted by atomic mass is 79.9. The van der Waals surface area contributed by atoms with Crippen molar-refractivity contribution in [2.24, 2.45) is 0 Å². The zero-order valence-electron chi connectivity index (χ0n) is 11.4. The molecule has 3 nitrogen and oxygen atoms in total. The Bertz CT molecular complexity index is 770. The van der Waals surface area contributed by atoms with E-state index in [1.807, 2.05) is 36.4 Å². The number of allylic oxidation sites excluding steroid dienone is 1. The second kappa shape index (κ2) is 7.66. The van der Waals surface area contributed by atoms with E-state index in [4.69, 9.17) is 26.9 Å². The lowest BCUT2D eigenvalue weighted by Gasteiger charge is -2.09. The quantitative estimate of drug-likeness (QED) is 0.700. The number of hydrogen-bond donors (Lipinski definition) is 0. The molecular formula is C17H10BrClN2O. The Morgan fingerprint density at radius 1 is 1.14 bits per heavy atom. The van der Waals surface area contributed by atoms with Crippen LogP contribution < -0.4 is 4.74 Å². The highest BCUT2D eigenvalue weighted by Crippen LogP contribution is 2.27. The van der Waals surface area contributed by atoms with E-state index >= 15 is 0 Å². The molecule has 0 aliphatic carbocycles. The number of benzene rings is 2. The molecule has 0 spiro atoms. The van der Waals surface area contributed by atoms with Crippen LogP contribution in [-0.4, -0.2) is 0 Å². The lowest BCUT2D eigenvalue weighted by atomic mass is 10.1.